The molecule has 0 unspecified atom stereocenters. The summed E-state index contributed by atoms with van der Waals surface area (Å²) in [5, 5.41) is 16.3. The van der Waals surface area contributed by atoms with E-state index in [4.69, 9.17) is 0 Å². The lowest BCUT2D eigenvalue weighted by Gasteiger charge is -2.13. The van der Waals surface area contributed by atoms with Crippen molar-refractivity contribution < 1.29 is 0 Å². The summed E-state index contributed by atoms with van der Waals surface area (Å²) in [5.41, 5.74) is 2.57. The molecule has 3 rings (SSSR count). The Labute approximate surface area is 119 Å². The first-order valence-corrected chi connectivity index (χ1v) is 7.23. The average Bonchev–Trinajstić information content (AvgIpc) is 3.16. The van der Waals surface area contributed by atoms with Crippen LogP contribution in [-0.4, -0.2) is 26.5 Å². The normalized spacial score (nSPS) is 16.1. The maximum absolute atomic E-state index is 4.41. The fourth-order valence-electron chi connectivity index (χ4n) is 2.50. The molecule has 5 heteroatoms. The van der Waals surface area contributed by atoms with Gasteiger partial charge in [-0.2, -0.15) is 5.10 Å². The van der Waals surface area contributed by atoms with Crippen molar-refractivity contribution >= 4 is 5.82 Å². The van der Waals surface area contributed by atoms with Crippen LogP contribution in [0, 0.1) is 19.3 Å². The smallest absolute Gasteiger partial charge is 0.176 e. The molecule has 0 aliphatic heterocycles. The number of aryl methyl sites for hydroxylation is 2. The molecule has 1 aliphatic rings. The van der Waals surface area contributed by atoms with E-state index in [0.717, 1.165) is 29.6 Å². The van der Waals surface area contributed by atoms with Crippen LogP contribution >= 0.6 is 0 Å². The average molecular weight is 271 g/mol. The van der Waals surface area contributed by atoms with E-state index in [1.807, 2.05) is 36.7 Å². The van der Waals surface area contributed by atoms with Crippen molar-refractivity contribution in [3.63, 3.8) is 0 Å². The molecule has 2 heterocycles. The van der Waals surface area contributed by atoms with Gasteiger partial charge in [0.2, 0.25) is 0 Å². The molecule has 0 saturated heterocycles. The Bertz CT molecular complexity index is 595. The van der Waals surface area contributed by atoms with Gasteiger partial charge in [0, 0.05) is 12.2 Å². The molecule has 106 valence electrons. The number of hydrogen-bond donors (Lipinski definition) is 1. The second-order valence-electron chi connectivity index (χ2n) is 5.82. The molecule has 1 fully saturated rings. The van der Waals surface area contributed by atoms with E-state index < -0.39 is 0 Å². The van der Waals surface area contributed by atoms with E-state index in [2.05, 4.69) is 27.5 Å². The molecule has 0 aromatic carbocycles. The van der Waals surface area contributed by atoms with Crippen LogP contribution in [0.4, 0.5) is 5.82 Å². The lowest BCUT2D eigenvalue weighted by atomic mass is 10.0. The highest BCUT2D eigenvalue weighted by atomic mass is 15.4. The van der Waals surface area contributed by atoms with E-state index in [-0.39, 0.29) is 0 Å². The van der Waals surface area contributed by atoms with Gasteiger partial charge in [0.15, 0.2) is 5.82 Å². The topological polar surface area (TPSA) is 55.6 Å². The van der Waals surface area contributed by atoms with Crippen molar-refractivity contribution in [1.82, 2.24) is 20.0 Å². The number of nitrogens with zero attached hydrogens (tertiary/aromatic N) is 4. The highest BCUT2D eigenvalue weighted by Crippen LogP contribution is 2.48. The fourth-order valence-corrected chi connectivity index (χ4v) is 2.50. The van der Waals surface area contributed by atoms with Gasteiger partial charge in [-0.25, -0.2) is 4.68 Å². The van der Waals surface area contributed by atoms with Gasteiger partial charge in [-0.3, -0.25) is 0 Å². The molecule has 1 aliphatic carbocycles. The van der Waals surface area contributed by atoms with Crippen LogP contribution in [0.2, 0.25) is 0 Å². The van der Waals surface area contributed by atoms with Crippen molar-refractivity contribution in [2.75, 3.05) is 11.9 Å². The van der Waals surface area contributed by atoms with Gasteiger partial charge in [0.05, 0.1) is 5.69 Å². The number of anilines is 1. The summed E-state index contributed by atoms with van der Waals surface area (Å²) in [6.07, 6.45) is 3.89. The van der Waals surface area contributed by atoms with Gasteiger partial charge in [-0.05, 0) is 56.7 Å². The zero-order valence-corrected chi connectivity index (χ0v) is 12.3. The first kappa shape index (κ1) is 13.1. The summed E-state index contributed by atoms with van der Waals surface area (Å²) in [5.74, 6) is 1.60. The van der Waals surface area contributed by atoms with Crippen LogP contribution in [0.5, 0.6) is 0 Å². The maximum Gasteiger partial charge on any atom is 0.176 e. The summed E-state index contributed by atoms with van der Waals surface area (Å²) in [6, 6.07) is 5.97. The monoisotopic (exact) mass is 271 g/mol. The van der Waals surface area contributed by atoms with Crippen LogP contribution in [0.15, 0.2) is 18.2 Å². The van der Waals surface area contributed by atoms with Crippen LogP contribution < -0.4 is 5.32 Å². The van der Waals surface area contributed by atoms with Crippen molar-refractivity contribution in [2.45, 2.75) is 40.0 Å². The van der Waals surface area contributed by atoms with Gasteiger partial charge < -0.3 is 5.32 Å². The number of nitrogens with one attached hydrogen (secondary N) is 1. The Morgan fingerprint density at radius 1 is 1.25 bits per heavy atom. The number of aromatic nitrogens is 4. The van der Waals surface area contributed by atoms with Crippen molar-refractivity contribution in [3.8, 4) is 5.82 Å². The molecular formula is C15H21N5. The van der Waals surface area contributed by atoms with Crippen LogP contribution in [0.3, 0.4) is 0 Å². The first-order chi connectivity index (χ1) is 9.62. The third-order valence-electron chi connectivity index (χ3n) is 4.23. The summed E-state index contributed by atoms with van der Waals surface area (Å²) in [7, 11) is 0. The van der Waals surface area contributed by atoms with Crippen LogP contribution in [0.25, 0.3) is 5.82 Å². The number of hydrogen-bond acceptors (Lipinski definition) is 4. The standard InChI is InChI=1S/C15H21N5/c1-4-15(7-8-15)10-16-13-5-6-14(18-17-13)20-12(3)9-11(2)19-20/h5-6,9H,4,7-8,10H2,1-3H3,(H,16,17). The zero-order valence-electron chi connectivity index (χ0n) is 12.3. The minimum Gasteiger partial charge on any atom is -0.368 e. The van der Waals surface area contributed by atoms with E-state index in [1.165, 1.54) is 19.3 Å². The third kappa shape index (κ3) is 2.53. The summed E-state index contributed by atoms with van der Waals surface area (Å²) in [6.45, 7) is 7.25. The van der Waals surface area contributed by atoms with Gasteiger partial charge >= 0.3 is 0 Å². The quantitative estimate of drug-likeness (QED) is 0.908. The van der Waals surface area contributed by atoms with Gasteiger partial charge in [0.25, 0.3) is 0 Å². The molecular weight excluding hydrogens is 250 g/mol. The Balaban J connectivity index is 1.70. The number of rotatable bonds is 5. The minimum absolute atomic E-state index is 0.510. The molecule has 5 nitrogen and oxygen atoms in total. The molecule has 0 bridgehead atoms. The summed E-state index contributed by atoms with van der Waals surface area (Å²) >= 11 is 0. The summed E-state index contributed by atoms with van der Waals surface area (Å²) < 4.78 is 1.82. The van der Waals surface area contributed by atoms with Crippen molar-refractivity contribution in [2.24, 2.45) is 5.41 Å². The van der Waals surface area contributed by atoms with Crippen LogP contribution in [0.1, 0.15) is 37.6 Å². The van der Waals surface area contributed by atoms with E-state index in [1.54, 1.807) is 0 Å². The predicted octanol–water partition coefficient (Wildman–Crippen LogP) is 2.88. The fraction of sp³-hybridized carbons (Fsp3) is 0.533. The Morgan fingerprint density at radius 2 is 2.05 bits per heavy atom. The van der Waals surface area contributed by atoms with E-state index in [0.29, 0.717) is 5.41 Å². The Morgan fingerprint density at radius 3 is 2.55 bits per heavy atom. The third-order valence-corrected chi connectivity index (χ3v) is 4.23. The Hall–Kier alpha value is -1.91. The largest absolute Gasteiger partial charge is 0.368 e. The molecule has 20 heavy (non-hydrogen) atoms. The molecule has 2 aromatic rings. The Kier molecular flexibility index (Phi) is 3.20. The minimum atomic E-state index is 0.510. The molecule has 2 aromatic heterocycles. The first-order valence-electron chi connectivity index (χ1n) is 7.23. The maximum atomic E-state index is 4.41. The van der Waals surface area contributed by atoms with Gasteiger partial charge in [-0.15, -0.1) is 10.2 Å². The van der Waals surface area contributed by atoms with Gasteiger partial charge in [0.1, 0.15) is 5.82 Å². The molecule has 0 radical (unpaired) electrons. The highest BCUT2D eigenvalue weighted by Gasteiger charge is 2.40. The van der Waals surface area contributed by atoms with Crippen molar-refractivity contribution in [1.29, 1.82) is 0 Å². The second kappa shape index (κ2) is 4.89. The van der Waals surface area contributed by atoms with Gasteiger partial charge in [-0.1, -0.05) is 6.92 Å². The lowest BCUT2D eigenvalue weighted by molar-refractivity contribution is 0.520. The SMILES string of the molecule is CCC1(CNc2ccc(-n3nc(C)cc3C)nn2)CC1. The molecule has 1 saturated carbocycles. The van der Waals surface area contributed by atoms with Crippen LogP contribution in [-0.2, 0) is 0 Å². The lowest BCUT2D eigenvalue weighted by Crippen LogP contribution is -2.15. The highest BCUT2D eigenvalue weighted by molar-refractivity contribution is 5.37. The molecule has 0 spiro atoms. The molecule has 0 atom stereocenters. The van der Waals surface area contributed by atoms with E-state index in [9.17, 15) is 0 Å². The predicted molar refractivity (Wildman–Crippen MR) is 79.1 cm³/mol. The zero-order chi connectivity index (χ0) is 14.2. The summed E-state index contributed by atoms with van der Waals surface area (Å²) in [4.78, 5) is 0. The van der Waals surface area contributed by atoms with Crippen molar-refractivity contribution in [3.05, 3.63) is 29.6 Å². The van der Waals surface area contributed by atoms with E-state index >= 15 is 0 Å². The molecule has 0 amide bonds. The molecule has 1 N–H and O–H groups in total. The second-order valence-corrected chi connectivity index (χ2v) is 5.82.